The van der Waals surface area contributed by atoms with Gasteiger partial charge in [-0.05, 0) is 23.9 Å². The lowest BCUT2D eigenvalue weighted by molar-refractivity contribution is -0.135. The molecule has 0 bridgehead atoms. The first-order valence-corrected chi connectivity index (χ1v) is 6.49. The third-order valence-electron chi connectivity index (χ3n) is 2.26. The SMILES string of the molecule is COC(=O)/C=C1/S/C(=N/NC(=O)c2ccccn2)NC1=O. The van der Waals surface area contributed by atoms with Crippen LogP contribution < -0.4 is 10.7 Å². The van der Waals surface area contributed by atoms with Crippen molar-refractivity contribution in [3.05, 3.63) is 41.1 Å². The molecule has 1 saturated heterocycles. The zero-order chi connectivity index (χ0) is 15.2. The summed E-state index contributed by atoms with van der Waals surface area (Å²) < 4.78 is 4.43. The van der Waals surface area contributed by atoms with Crippen LogP contribution in [0.1, 0.15) is 10.5 Å². The third-order valence-corrected chi connectivity index (χ3v) is 3.17. The van der Waals surface area contributed by atoms with Crippen molar-refractivity contribution in [2.75, 3.05) is 7.11 Å². The van der Waals surface area contributed by atoms with E-state index in [1.807, 2.05) is 0 Å². The van der Waals surface area contributed by atoms with Crippen LogP contribution in [0.15, 0.2) is 40.5 Å². The van der Waals surface area contributed by atoms with Gasteiger partial charge in [-0.15, -0.1) is 5.10 Å². The number of hydrazone groups is 1. The number of amidine groups is 1. The van der Waals surface area contributed by atoms with Crippen LogP contribution in [0, 0.1) is 0 Å². The number of rotatable bonds is 3. The fourth-order valence-electron chi connectivity index (χ4n) is 1.30. The van der Waals surface area contributed by atoms with Gasteiger partial charge in [0.25, 0.3) is 11.8 Å². The summed E-state index contributed by atoms with van der Waals surface area (Å²) in [7, 11) is 1.21. The summed E-state index contributed by atoms with van der Waals surface area (Å²) in [4.78, 5) is 38.3. The number of carbonyl (C=O) groups excluding carboxylic acids is 3. The Kier molecular flexibility index (Phi) is 4.67. The van der Waals surface area contributed by atoms with Crippen molar-refractivity contribution in [1.29, 1.82) is 0 Å². The predicted molar refractivity (Wildman–Crippen MR) is 75.0 cm³/mol. The molecule has 0 aliphatic carbocycles. The fourth-order valence-corrected chi connectivity index (χ4v) is 2.04. The molecule has 0 atom stereocenters. The number of methoxy groups -OCH3 is 1. The van der Waals surface area contributed by atoms with Gasteiger partial charge in [-0.2, -0.15) is 0 Å². The van der Waals surface area contributed by atoms with E-state index in [2.05, 4.69) is 25.6 Å². The van der Waals surface area contributed by atoms with Crippen LogP contribution in [0.25, 0.3) is 0 Å². The van der Waals surface area contributed by atoms with Gasteiger partial charge in [0.1, 0.15) is 5.69 Å². The van der Waals surface area contributed by atoms with E-state index in [4.69, 9.17) is 0 Å². The molecule has 0 saturated carbocycles. The van der Waals surface area contributed by atoms with Gasteiger partial charge in [-0.3, -0.25) is 19.9 Å². The number of amides is 2. The first-order valence-electron chi connectivity index (χ1n) is 5.68. The number of ether oxygens (including phenoxy) is 1. The predicted octanol–water partition coefficient (Wildman–Crippen LogP) is 0.00230. The second kappa shape index (κ2) is 6.66. The second-order valence-corrected chi connectivity index (χ2v) is 4.69. The summed E-state index contributed by atoms with van der Waals surface area (Å²) in [5.74, 6) is -1.65. The molecule has 0 unspecified atom stereocenters. The van der Waals surface area contributed by atoms with Gasteiger partial charge in [0.05, 0.1) is 12.0 Å². The first kappa shape index (κ1) is 14.7. The van der Waals surface area contributed by atoms with E-state index in [0.29, 0.717) is 0 Å². The highest BCUT2D eigenvalue weighted by molar-refractivity contribution is 8.18. The molecule has 2 rings (SSSR count). The van der Waals surface area contributed by atoms with Crippen LogP contribution in [-0.2, 0) is 14.3 Å². The van der Waals surface area contributed by atoms with Crippen LogP contribution in [0.3, 0.4) is 0 Å². The molecule has 0 aromatic carbocycles. The highest BCUT2D eigenvalue weighted by atomic mass is 32.2. The van der Waals surface area contributed by atoms with Crippen molar-refractivity contribution >= 4 is 34.7 Å². The number of nitrogens with zero attached hydrogens (tertiary/aromatic N) is 2. The largest absolute Gasteiger partial charge is 0.466 e. The Morgan fingerprint density at radius 2 is 2.29 bits per heavy atom. The number of hydrogen-bond acceptors (Lipinski definition) is 7. The maximum absolute atomic E-state index is 11.7. The Bertz CT molecular complexity index is 642. The Morgan fingerprint density at radius 1 is 1.48 bits per heavy atom. The standard InChI is InChI=1S/C12H10N4O4S/c1-20-9(17)6-8-11(19)14-12(21-8)16-15-10(18)7-4-2-3-5-13-7/h2-6H,1H3,(H,15,18)(H,14,16,19)/b8-6+. The molecule has 1 aromatic rings. The number of carbonyl (C=O) groups is 3. The number of aromatic nitrogens is 1. The molecule has 0 spiro atoms. The Hall–Kier alpha value is -2.68. The van der Waals surface area contributed by atoms with Crippen LogP contribution in [-0.4, -0.2) is 35.0 Å². The normalized spacial score (nSPS) is 17.7. The van der Waals surface area contributed by atoms with E-state index in [0.717, 1.165) is 17.8 Å². The minimum atomic E-state index is -0.647. The molecule has 1 aliphatic rings. The zero-order valence-electron chi connectivity index (χ0n) is 10.8. The van der Waals surface area contributed by atoms with Crippen molar-refractivity contribution in [2.45, 2.75) is 0 Å². The average Bonchev–Trinajstić information content (AvgIpc) is 2.85. The number of pyridine rings is 1. The summed E-state index contributed by atoms with van der Waals surface area (Å²) >= 11 is 0.914. The molecule has 8 nitrogen and oxygen atoms in total. The van der Waals surface area contributed by atoms with Crippen LogP contribution in [0.4, 0.5) is 0 Å². The van der Waals surface area contributed by atoms with E-state index in [-0.39, 0.29) is 15.8 Å². The van der Waals surface area contributed by atoms with Crippen molar-refractivity contribution < 1.29 is 19.1 Å². The van der Waals surface area contributed by atoms with Gasteiger partial charge in [0.15, 0.2) is 5.17 Å². The first-order chi connectivity index (χ1) is 10.1. The number of thioether (sulfide) groups is 1. The second-order valence-electron chi connectivity index (χ2n) is 3.66. The quantitative estimate of drug-likeness (QED) is 0.462. The highest BCUT2D eigenvalue weighted by Gasteiger charge is 2.25. The van der Waals surface area contributed by atoms with E-state index in [9.17, 15) is 14.4 Å². The molecule has 1 aliphatic heterocycles. The number of hydrogen-bond donors (Lipinski definition) is 2. The van der Waals surface area contributed by atoms with Gasteiger partial charge >= 0.3 is 5.97 Å². The van der Waals surface area contributed by atoms with Crippen molar-refractivity contribution in [3.8, 4) is 0 Å². The Balaban J connectivity index is 2.01. The monoisotopic (exact) mass is 306 g/mol. The summed E-state index contributed by atoms with van der Waals surface area (Å²) in [6, 6.07) is 4.87. The molecule has 1 aromatic heterocycles. The summed E-state index contributed by atoms with van der Waals surface area (Å²) in [5.41, 5.74) is 2.45. The molecule has 21 heavy (non-hydrogen) atoms. The summed E-state index contributed by atoms with van der Waals surface area (Å²) in [5, 5.41) is 6.30. The molecule has 9 heteroatoms. The Labute approximate surface area is 123 Å². The molecule has 2 heterocycles. The van der Waals surface area contributed by atoms with Crippen molar-refractivity contribution in [2.24, 2.45) is 5.10 Å². The van der Waals surface area contributed by atoms with E-state index in [1.165, 1.54) is 19.4 Å². The maximum Gasteiger partial charge on any atom is 0.331 e. The van der Waals surface area contributed by atoms with Gasteiger partial charge in [0.2, 0.25) is 0 Å². The summed E-state index contributed by atoms with van der Waals surface area (Å²) in [6.07, 6.45) is 2.52. The minimum absolute atomic E-state index is 0.132. The topological polar surface area (TPSA) is 110 Å². The smallest absolute Gasteiger partial charge is 0.331 e. The van der Waals surface area contributed by atoms with Crippen LogP contribution >= 0.6 is 11.8 Å². The van der Waals surface area contributed by atoms with Crippen molar-refractivity contribution in [1.82, 2.24) is 15.7 Å². The summed E-state index contributed by atoms with van der Waals surface area (Å²) in [6.45, 7) is 0. The third kappa shape index (κ3) is 3.89. The van der Waals surface area contributed by atoms with Crippen LogP contribution in [0.5, 0.6) is 0 Å². The fraction of sp³-hybridized carbons (Fsp3) is 0.0833. The average molecular weight is 306 g/mol. The molecule has 2 amide bonds. The van der Waals surface area contributed by atoms with Gasteiger partial charge in [-0.25, -0.2) is 10.2 Å². The lowest BCUT2D eigenvalue weighted by Crippen LogP contribution is -2.25. The van der Waals surface area contributed by atoms with E-state index < -0.39 is 17.8 Å². The van der Waals surface area contributed by atoms with Gasteiger partial charge in [-0.1, -0.05) is 6.07 Å². The maximum atomic E-state index is 11.7. The van der Waals surface area contributed by atoms with Crippen LogP contribution in [0.2, 0.25) is 0 Å². The van der Waals surface area contributed by atoms with Crippen molar-refractivity contribution in [3.63, 3.8) is 0 Å². The number of nitrogens with one attached hydrogen (secondary N) is 2. The molecule has 0 radical (unpaired) electrons. The Morgan fingerprint density at radius 3 is 2.95 bits per heavy atom. The highest BCUT2D eigenvalue weighted by Crippen LogP contribution is 2.22. The minimum Gasteiger partial charge on any atom is -0.466 e. The van der Waals surface area contributed by atoms with Gasteiger partial charge < -0.3 is 4.74 Å². The molecule has 2 N–H and O–H groups in total. The van der Waals surface area contributed by atoms with Gasteiger partial charge in [0, 0.05) is 12.3 Å². The molecular weight excluding hydrogens is 296 g/mol. The zero-order valence-corrected chi connectivity index (χ0v) is 11.6. The molecular formula is C12H10N4O4S. The van der Waals surface area contributed by atoms with E-state index >= 15 is 0 Å². The van der Waals surface area contributed by atoms with E-state index in [1.54, 1.807) is 12.1 Å². The molecule has 1 fully saturated rings. The molecule has 108 valence electrons. The lowest BCUT2D eigenvalue weighted by atomic mass is 10.3. The number of esters is 1. The lowest BCUT2D eigenvalue weighted by Gasteiger charge is -1.99.